The topological polar surface area (TPSA) is 92.4 Å². The second kappa shape index (κ2) is 6.37. The van der Waals surface area contributed by atoms with E-state index in [4.69, 9.17) is 9.52 Å². The number of aromatic carboxylic acids is 1. The van der Waals surface area contributed by atoms with Gasteiger partial charge in [0, 0.05) is 18.7 Å². The number of benzene rings is 2. The number of oxazole rings is 1. The van der Waals surface area contributed by atoms with Gasteiger partial charge in [0.1, 0.15) is 5.52 Å². The third-order valence-corrected chi connectivity index (χ3v) is 3.47. The molecule has 1 amide bonds. The van der Waals surface area contributed by atoms with E-state index in [0.29, 0.717) is 22.6 Å². The maximum Gasteiger partial charge on any atom is 0.335 e. The Kier molecular flexibility index (Phi) is 4.11. The van der Waals surface area contributed by atoms with Crippen LogP contribution in [0.4, 0.5) is 0 Å². The van der Waals surface area contributed by atoms with Gasteiger partial charge >= 0.3 is 5.97 Å². The molecule has 1 heterocycles. The second-order valence-electron chi connectivity index (χ2n) is 5.07. The van der Waals surface area contributed by atoms with Crippen molar-refractivity contribution in [3.05, 3.63) is 65.0 Å². The molecule has 6 nitrogen and oxygen atoms in total. The van der Waals surface area contributed by atoms with Crippen molar-refractivity contribution in [3.63, 3.8) is 0 Å². The first-order chi connectivity index (χ1) is 11.6. The lowest BCUT2D eigenvalue weighted by Gasteiger charge is -1.99. The number of nitrogens with zero attached hydrogens (tertiary/aromatic N) is 1. The molecule has 0 radical (unpaired) electrons. The van der Waals surface area contributed by atoms with Crippen LogP contribution in [0.15, 0.2) is 46.9 Å². The summed E-state index contributed by atoms with van der Waals surface area (Å²) in [5, 5.41) is 11.5. The molecule has 0 aliphatic heterocycles. The van der Waals surface area contributed by atoms with Crippen molar-refractivity contribution >= 4 is 35.1 Å². The summed E-state index contributed by atoms with van der Waals surface area (Å²) in [6.45, 7) is 0. The predicted molar refractivity (Wildman–Crippen MR) is 89.7 cm³/mol. The van der Waals surface area contributed by atoms with Gasteiger partial charge in [-0.1, -0.05) is 12.1 Å². The third kappa shape index (κ3) is 3.17. The van der Waals surface area contributed by atoms with E-state index in [-0.39, 0.29) is 11.5 Å². The molecule has 0 unspecified atom stereocenters. The molecular formula is C18H14N2O4. The Morgan fingerprint density at radius 1 is 1.08 bits per heavy atom. The summed E-state index contributed by atoms with van der Waals surface area (Å²) in [6, 6.07) is 11.6. The Labute approximate surface area is 137 Å². The van der Waals surface area contributed by atoms with Gasteiger partial charge in [-0.3, -0.25) is 4.79 Å². The van der Waals surface area contributed by atoms with Crippen molar-refractivity contribution in [3.8, 4) is 0 Å². The molecule has 3 aromatic rings. The predicted octanol–water partition coefficient (Wildman–Crippen LogP) is 3.06. The molecule has 0 saturated carbocycles. The van der Waals surface area contributed by atoms with Crippen molar-refractivity contribution in [1.82, 2.24) is 10.3 Å². The average molecular weight is 322 g/mol. The fourth-order valence-electron chi connectivity index (χ4n) is 2.20. The van der Waals surface area contributed by atoms with Gasteiger partial charge in [-0.05, 0) is 42.0 Å². The lowest BCUT2D eigenvalue weighted by atomic mass is 10.1. The number of carboxylic acid groups (broad SMARTS) is 1. The Morgan fingerprint density at radius 2 is 1.79 bits per heavy atom. The first-order valence-electron chi connectivity index (χ1n) is 7.21. The SMILES string of the molecule is CNC(=O)c1ccc(/C=C/c2nc3ccc(C(=O)O)cc3o2)cc1. The zero-order chi connectivity index (χ0) is 17.1. The van der Waals surface area contributed by atoms with E-state index in [1.165, 1.54) is 12.1 Å². The standard InChI is InChI=1S/C18H14N2O4/c1-19-17(21)12-5-2-11(3-6-12)4-9-16-20-14-8-7-13(18(22)23)10-15(14)24-16/h2-10H,1H3,(H,19,21)(H,22,23)/b9-4+. The second-order valence-corrected chi connectivity index (χ2v) is 5.07. The number of hydrogen-bond acceptors (Lipinski definition) is 4. The molecule has 0 fully saturated rings. The van der Waals surface area contributed by atoms with E-state index < -0.39 is 5.97 Å². The number of amides is 1. The maximum atomic E-state index is 11.5. The van der Waals surface area contributed by atoms with Crippen molar-refractivity contribution in [2.75, 3.05) is 7.05 Å². The van der Waals surface area contributed by atoms with Crippen LogP contribution in [0.25, 0.3) is 23.3 Å². The van der Waals surface area contributed by atoms with Crippen molar-refractivity contribution < 1.29 is 19.1 Å². The summed E-state index contributed by atoms with van der Waals surface area (Å²) < 4.78 is 5.53. The summed E-state index contributed by atoms with van der Waals surface area (Å²) in [5.41, 5.74) is 2.63. The molecule has 0 spiro atoms. The minimum atomic E-state index is -1.01. The van der Waals surface area contributed by atoms with Crippen LogP contribution in [0.5, 0.6) is 0 Å². The molecule has 2 N–H and O–H groups in total. The first-order valence-corrected chi connectivity index (χ1v) is 7.21. The van der Waals surface area contributed by atoms with Gasteiger partial charge in [-0.2, -0.15) is 0 Å². The van der Waals surface area contributed by atoms with Crippen molar-refractivity contribution in [2.24, 2.45) is 0 Å². The molecule has 3 rings (SSSR count). The molecule has 0 bridgehead atoms. The van der Waals surface area contributed by atoms with Crippen LogP contribution in [-0.2, 0) is 0 Å². The number of nitrogens with one attached hydrogen (secondary N) is 1. The van der Waals surface area contributed by atoms with Crippen LogP contribution in [0.3, 0.4) is 0 Å². The summed E-state index contributed by atoms with van der Waals surface area (Å²) in [6.07, 6.45) is 3.49. The van der Waals surface area contributed by atoms with E-state index in [1.54, 1.807) is 37.4 Å². The fourth-order valence-corrected chi connectivity index (χ4v) is 2.20. The van der Waals surface area contributed by atoms with E-state index in [0.717, 1.165) is 5.56 Å². The summed E-state index contributed by atoms with van der Waals surface area (Å²) in [4.78, 5) is 26.7. The molecule has 0 aliphatic rings. The zero-order valence-corrected chi connectivity index (χ0v) is 12.8. The van der Waals surface area contributed by atoms with Gasteiger partial charge in [-0.25, -0.2) is 9.78 Å². The van der Waals surface area contributed by atoms with E-state index in [2.05, 4.69) is 10.3 Å². The van der Waals surface area contributed by atoms with Crippen LogP contribution < -0.4 is 5.32 Å². The largest absolute Gasteiger partial charge is 0.478 e. The molecule has 0 atom stereocenters. The quantitative estimate of drug-likeness (QED) is 0.770. The minimum absolute atomic E-state index is 0.140. The van der Waals surface area contributed by atoms with Gasteiger partial charge in [0.05, 0.1) is 5.56 Å². The first kappa shape index (κ1) is 15.5. The Balaban J connectivity index is 1.82. The third-order valence-electron chi connectivity index (χ3n) is 3.47. The van der Waals surface area contributed by atoms with Crippen LogP contribution in [0.1, 0.15) is 32.2 Å². The number of aromatic nitrogens is 1. The van der Waals surface area contributed by atoms with Crippen molar-refractivity contribution in [2.45, 2.75) is 0 Å². The monoisotopic (exact) mass is 322 g/mol. The van der Waals surface area contributed by atoms with Crippen LogP contribution in [0.2, 0.25) is 0 Å². The average Bonchev–Trinajstić information content (AvgIpc) is 3.01. The summed E-state index contributed by atoms with van der Waals surface area (Å²) in [5.74, 6) is -0.775. The van der Waals surface area contributed by atoms with E-state index in [1.807, 2.05) is 12.1 Å². The van der Waals surface area contributed by atoms with E-state index in [9.17, 15) is 9.59 Å². The number of fused-ring (bicyclic) bond motifs is 1. The highest BCUT2D eigenvalue weighted by Gasteiger charge is 2.08. The van der Waals surface area contributed by atoms with Crippen LogP contribution in [-0.4, -0.2) is 29.0 Å². The highest BCUT2D eigenvalue weighted by atomic mass is 16.4. The minimum Gasteiger partial charge on any atom is -0.478 e. The lowest BCUT2D eigenvalue weighted by Crippen LogP contribution is -2.17. The number of rotatable bonds is 4. The molecule has 0 saturated heterocycles. The van der Waals surface area contributed by atoms with E-state index >= 15 is 0 Å². The molecule has 24 heavy (non-hydrogen) atoms. The summed E-state index contributed by atoms with van der Waals surface area (Å²) >= 11 is 0. The number of carbonyl (C=O) groups excluding carboxylic acids is 1. The molecule has 2 aromatic carbocycles. The number of carbonyl (C=O) groups is 2. The van der Waals surface area contributed by atoms with Crippen LogP contribution >= 0.6 is 0 Å². The number of carboxylic acids is 1. The molecule has 6 heteroatoms. The Morgan fingerprint density at radius 3 is 2.46 bits per heavy atom. The van der Waals surface area contributed by atoms with Crippen LogP contribution in [0, 0.1) is 0 Å². The fraction of sp³-hybridized carbons (Fsp3) is 0.0556. The zero-order valence-electron chi connectivity index (χ0n) is 12.8. The highest BCUT2D eigenvalue weighted by Crippen LogP contribution is 2.19. The van der Waals surface area contributed by atoms with Gasteiger partial charge in [0.25, 0.3) is 5.91 Å². The Hall–Kier alpha value is -3.41. The van der Waals surface area contributed by atoms with Gasteiger partial charge in [0.15, 0.2) is 5.58 Å². The molecular weight excluding hydrogens is 308 g/mol. The normalized spacial score (nSPS) is 11.0. The van der Waals surface area contributed by atoms with Gasteiger partial charge in [-0.15, -0.1) is 0 Å². The maximum absolute atomic E-state index is 11.5. The lowest BCUT2D eigenvalue weighted by molar-refractivity contribution is 0.0696. The highest BCUT2D eigenvalue weighted by molar-refractivity contribution is 5.94. The Bertz CT molecular complexity index is 939. The van der Waals surface area contributed by atoms with Gasteiger partial charge < -0.3 is 14.8 Å². The van der Waals surface area contributed by atoms with Crippen molar-refractivity contribution in [1.29, 1.82) is 0 Å². The molecule has 1 aromatic heterocycles. The summed E-state index contributed by atoms with van der Waals surface area (Å²) in [7, 11) is 1.58. The van der Waals surface area contributed by atoms with Gasteiger partial charge in [0.2, 0.25) is 5.89 Å². The smallest absolute Gasteiger partial charge is 0.335 e. The molecule has 0 aliphatic carbocycles. The number of hydrogen-bond donors (Lipinski definition) is 2. The molecule has 120 valence electrons.